The number of aromatic nitrogens is 2. The number of amides is 3. The van der Waals surface area contributed by atoms with Gasteiger partial charge in [-0.3, -0.25) is 14.4 Å². The van der Waals surface area contributed by atoms with Crippen LogP contribution in [0.15, 0.2) is 17.0 Å². The van der Waals surface area contributed by atoms with Crippen molar-refractivity contribution in [2.24, 2.45) is 0 Å². The lowest BCUT2D eigenvalue weighted by Gasteiger charge is -2.30. The first-order valence-corrected chi connectivity index (χ1v) is 12.2. The molecule has 0 atom stereocenters. The third-order valence-electron chi connectivity index (χ3n) is 5.59. The maximum Gasteiger partial charge on any atom is 0.276 e. The fraction of sp³-hybridized carbons (Fsp3) is 0.429. The number of rotatable bonds is 6. The van der Waals surface area contributed by atoms with Crippen molar-refractivity contribution in [3.8, 4) is 0 Å². The third-order valence-corrected chi connectivity index (χ3v) is 7.32. The molecule has 0 unspecified atom stereocenters. The maximum atomic E-state index is 13.1. The predicted molar refractivity (Wildman–Crippen MR) is 123 cm³/mol. The topological polar surface area (TPSA) is 107 Å². The highest BCUT2D eigenvalue weighted by Gasteiger charge is 2.27. The molecule has 1 fully saturated rings. The molecule has 0 radical (unpaired) electrons. The van der Waals surface area contributed by atoms with Gasteiger partial charge in [-0.15, -0.1) is 22.7 Å². The largest absolute Gasteiger partial charge is 0.352 e. The van der Waals surface area contributed by atoms with Crippen LogP contribution in [0, 0.1) is 0 Å². The van der Waals surface area contributed by atoms with Crippen molar-refractivity contribution in [3.05, 3.63) is 33.1 Å². The molecule has 3 heterocycles. The van der Waals surface area contributed by atoms with Crippen molar-refractivity contribution in [2.75, 3.05) is 18.9 Å². The number of carbonyl (C=O) groups excluding carboxylic acids is 3. The summed E-state index contributed by atoms with van der Waals surface area (Å²) in [7, 11) is 1.86. The molecule has 10 heteroatoms. The normalized spacial score (nSPS) is 14.5. The lowest BCUT2D eigenvalue weighted by Crippen LogP contribution is -2.37. The standard InChI is InChI=1S/C21H25N5O3S2/c1-3-22-20(28)16-17-13(24-18(16)25-19(27)14-10-30-11-23-14)9-15(31-17)21(29)26(2)12-7-5-4-6-8-12/h9-12,24H,3-8H2,1-2H3,(H,22,28)(H,25,27). The Bertz CT molecular complexity index is 1100. The smallest absolute Gasteiger partial charge is 0.276 e. The van der Waals surface area contributed by atoms with Crippen LogP contribution < -0.4 is 10.6 Å². The number of thiophene rings is 1. The van der Waals surface area contributed by atoms with E-state index in [4.69, 9.17) is 0 Å². The minimum atomic E-state index is -0.394. The highest BCUT2D eigenvalue weighted by atomic mass is 32.1. The molecule has 1 saturated carbocycles. The Morgan fingerprint density at radius 3 is 2.68 bits per heavy atom. The molecule has 31 heavy (non-hydrogen) atoms. The van der Waals surface area contributed by atoms with Crippen LogP contribution in [-0.4, -0.2) is 52.2 Å². The monoisotopic (exact) mass is 459 g/mol. The van der Waals surface area contributed by atoms with E-state index in [1.165, 1.54) is 29.1 Å². The quantitative estimate of drug-likeness (QED) is 0.516. The molecular weight excluding hydrogens is 434 g/mol. The summed E-state index contributed by atoms with van der Waals surface area (Å²) in [6.45, 7) is 2.28. The molecule has 0 bridgehead atoms. The highest BCUT2D eigenvalue weighted by molar-refractivity contribution is 7.21. The molecule has 8 nitrogen and oxygen atoms in total. The number of H-pyrrole nitrogens is 1. The van der Waals surface area contributed by atoms with E-state index in [2.05, 4.69) is 20.6 Å². The van der Waals surface area contributed by atoms with Gasteiger partial charge in [0.15, 0.2) is 0 Å². The van der Waals surface area contributed by atoms with E-state index in [1.54, 1.807) is 17.0 Å². The molecule has 0 aromatic carbocycles. The van der Waals surface area contributed by atoms with E-state index >= 15 is 0 Å². The van der Waals surface area contributed by atoms with Crippen LogP contribution in [-0.2, 0) is 0 Å². The number of nitrogens with zero attached hydrogens (tertiary/aromatic N) is 2. The second kappa shape index (κ2) is 9.19. The Kier molecular flexibility index (Phi) is 6.38. The van der Waals surface area contributed by atoms with Gasteiger partial charge in [0.05, 0.1) is 26.2 Å². The van der Waals surface area contributed by atoms with Gasteiger partial charge in [0.25, 0.3) is 17.7 Å². The summed E-state index contributed by atoms with van der Waals surface area (Å²) in [5, 5.41) is 7.18. The van der Waals surface area contributed by atoms with Crippen LogP contribution >= 0.6 is 22.7 Å². The third kappa shape index (κ3) is 4.35. The Labute approximate surface area is 188 Å². The number of hydrogen-bond donors (Lipinski definition) is 3. The minimum absolute atomic E-state index is 0.0311. The van der Waals surface area contributed by atoms with Crippen LogP contribution in [0.5, 0.6) is 0 Å². The van der Waals surface area contributed by atoms with Gasteiger partial charge in [-0.1, -0.05) is 19.3 Å². The van der Waals surface area contributed by atoms with Crippen molar-refractivity contribution in [2.45, 2.75) is 45.1 Å². The van der Waals surface area contributed by atoms with Gasteiger partial charge >= 0.3 is 0 Å². The lowest BCUT2D eigenvalue weighted by atomic mass is 9.94. The maximum absolute atomic E-state index is 13.1. The lowest BCUT2D eigenvalue weighted by molar-refractivity contribution is 0.0701. The zero-order chi connectivity index (χ0) is 22.0. The first-order chi connectivity index (χ1) is 15.0. The number of thiazole rings is 1. The predicted octanol–water partition coefficient (Wildman–Crippen LogP) is 4.09. The molecule has 164 valence electrons. The van der Waals surface area contributed by atoms with E-state index in [0.717, 1.165) is 25.7 Å². The van der Waals surface area contributed by atoms with Gasteiger partial charge in [0.1, 0.15) is 11.5 Å². The molecule has 4 rings (SSSR count). The van der Waals surface area contributed by atoms with Gasteiger partial charge in [-0.25, -0.2) is 4.98 Å². The van der Waals surface area contributed by atoms with Crippen LogP contribution in [0.25, 0.3) is 10.2 Å². The molecule has 3 N–H and O–H groups in total. The average Bonchev–Trinajstić information content (AvgIpc) is 3.50. The summed E-state index contributed by atoms with van der Waals surface area (Å²) in [4.78, 5) is 47.9. The number of fused-ring (bicyclic) bond motifs is 1. The minimum Gasteiger partial charge on any atom is -0.352 e. The number of nitrogens with one attached hydrogen (secondary N) is 3. The zero-order valence-corrected chi connectivity index (χ0v) is 19.1. The van der Waals surface area contributed by atoms with Crippen LogP contribution in [0.3, 0.4) is 0 Å². The van der Waals surface area contributed by atoms with Gasteiger partial charge in [-0.05, 0) is 25.8 Å². The molecule has 1 aliphatic rings. The molecule has 3 amide bonds. The summed E-state index contributed by atoms with van der Waals surface area (Å²) in [5.41, 5.74) is 2.85. The summed E-state index contributed by atoms with van der Waals surface area (Å²) >= 11 is 2.60. The molecule has 1 aliphatic carbocycles. The first-order valence-electron chi connectivity index (χ1n) is 10.4. The van der Waals surface area contributed by atoms with Crippen molar-refractivity contribution in [3.63, 3.8) is 0 Å². The van der Waals surface area contributed by atoms with E-state index in [9.17, 15) is 14.4 Å². The second-order valence-corrected chi connectivity index (χ2v) is 9.39. The van der Waals surface area contributed by atoms with E-state index in [0.29, 0.717) is 33.0 Å². The summed E-state index contributed by atoms with van der Waals surface area (Å²) in [6.07, 6.45) is 5.59. The van der Waals surface area contributed by atoms with Gasteiger partial charge in [0, 0.05) is 25.0 Å². The number of hydrogen-bond acceptors (Lipinski definition) is 6. The summed E-state index contributed by atoms with van der Waals surface area (Å²) in [5.74, 6) is -0.418. The molecule has 0 aliphatic heterocycles. The summed E-state index contributed by atoms with van der Waals surface area (Å²) in [6, 6.07) is 2.03. The summed E-state index contributed by atoms with van der Waals surface area (Å²) < 4.78 is 0.653. The van der Waals surface area contributed by atoms with Crippen molar-refractivity contribution in [1.82, 2.24) is 20.2 Å². The molecule has 3 aromatic heterocycles. The van der Waals surface area contributed by atoms with E-state index in [-0.39, 0.29) is 23.6 Å². The van der Waals surface area contributed by atoms with Gasteiger partial charge in [0.2, 0.25) is 0 Å². The number of aromatic amines is 1. The fourth-order valence-corrected chi connectivity index (χ4v) is 5.63. The molecule has 0 spiro atoms. The van der Waals surface area contributed by atoms with Crippen molar-refractivity contribution < 1.29 is 14.4 Å². The van der Waals surface area contributed by atoms with Crippen LogP contribution in [0.1, 0.15) is 69.5 Å². The SMILES string of the molecule is CCNC(=O)c1c(NC(=O)c2cscn2)[nH]c2cc(C(=O)N(C)C3CCCCC3)sc12. The van der Waals surface area contributed by atoms with E-state index < -0.39 is 5.91 Å². The van der Waals surface area contributed by atoms with Gasteiger partial charge in [-0.2, -0.15) is 0 Å². The average molecular weight is 460 g/mol. The van der Waals surface area contributed by atoms with Crippen molar-refractivity contribution >= 4 is 56.4 Å². The second-order valence-electron chi connectivity index (χ2n) is 7.62. The fourth-order valence-electron chi connectivity index (χ4n) is 3.96. The Morgan fingerprint density at radius 1 is 1.23 bits per heavy atom. The molecule has 3 aromatic rings. The Balaban J connectivity index is 1.64. The Hall–Kier alpha value is -2.72. The van der Waals surface area contributed by atoms with E-state index in [1.807, 2.05) is 18.9 Å². The Morgan fingerprint density at radius 2 is 2.00 bits per heavy atom. The number of anilines is 1. The highest BCUT2D eigenvalue weighted by Crippen LogP contribution is 2.35. The van der Waals surface area contributed by atoms with Crippen LogP contribution in [0.2, 0.25) is 0 Å². The zero-order valence-electron chi connectivity index (χ0n) is 17.5. The van der Waals surface area contributed by atoms with Crippen molar-refractivity contribution in [1.29, 1.82) is 0 Å². The molecule has 0 saturated heterocycles. The first kappa shape index (κ1) is 21.5. The van der Waals surface area contributed by atoms with Gasteiger partial charge < -0.3 is 20.5 Å². The molecular formula is C21H25N5O3S2. The van der Waals surface area contributed by atoms with Crippen LogP contribution in [0.4, 0.5) is 5.82 Å². The number of carbonyl (C=O) groups is 3.